The Balaban J connectivity index is 2.56. The minimum absolute atomic E-state index is 0.133. The summed E-state index contributed by atoms with van der Waals surface area (Å²) in [5, 5.41) is 4.64. The Kier molecular flexibility index (Phi) is 5.54. The third-order valence-corrected chi connectivity index (χ3v) is 2.49. The molecule has 20 heavy (non-hydrogen) atoms. The number of unbranched alkanes of at least 4 members (excludes halogenated alkanes) is 1. The van der Waals surface area contributed by atoms with Crippen LogP contribution >= 0.6 is 0 Å². The molecule has 0 saturated heterocycles. The third kappa shape index (κ3) is 4.91. The quantitative estimate of drug-likeness (QED) is 0.661. The number of alkyl halides is 3. The van der Waals surface area contributed by atoms with E-state index >= 15 is 0 Å². The van der Waals surface area contributed by atoms with Gasteiger partial charge in [0.2, 0.25) is 0 Å². The van der Waals surface area contributed by atoms with E-state index in [1.54, 1.807) is 0 Å². The number of carbonyl (C=O) groups is 2. The van der Waals surface area contributed by atoms with Crippen LogP contribution in [0.1, 0.15) is 25.3 Å². The molecule has 0 aliphatic carbocycles. The lowest BCUT2D eigenvalue weighted by Crippen LogP contribution is -2.35. The zero-order chi connectivity index (χ0) is 15.2. The molecule has 0 aliphatic heterocycles. The lowest BCUT2D eigenvalue weighted by molar-refractivity contribution is -0.137. The molecule has 110 valence electrons. The molecule has 7 heteroatoms. The van der Waals surface area contributed by atoms with Crippen LogP contribution in [-0.4, -0.2) is 18.4 Å². The molecule has 4 nitrogen and oxygen atoms in total. The molecule has 0 spiro atoms. The average molecular weight is 288 g/mol. The second-order valence-corrected chi connectivity index (χ2v) is 4.14. The first-order chi connectivity index (χ1) is 9.34. The first-order valence-corrected chi connectivity index (χ1v) is 6.11. The van der Waals surface area contributed by atoms with Crippen molar-refractivity contribution >= 4 is 17.5 Å². The smallest absolute Gasteiger partial charge is 0.348 e. The van der Waals surface area contributed by atoms with Crippen molar-refractivity contribution in [2.45, 2.75) is 25.9 Å². The van der Waals surface area contributed by atoms with Gasteiger partial charge in [0.05, 0.1) is 5.56 Å². The van der Waals surface area contributed by atoms with Crippen LogP contribution in [0.15, 0.2) is 24.3 Å². The molecule has 0 radical (unpaired) electrons. The van der Waals surface area contributed by atoms with Crippen molar-refractivity contribution in [1.29, 1.82) is 0 Å². The van der Waals surface area contributed by atoms with E-state index in [1.165, 1.54) is 0 Å². The Morgan fingerprint density at radius 1 is 1.10 bits per heavy atom. The Hall–Kier alpha value is -2.05. The number of hydrogen-bond acceptors (Lipinski definition) is 2. The monoisotopic (exact) mass is 288 g/mol. The van der Waals surface area contributed by atoms with Gasteiger partial charge >= 0.3 is 18.0 Å². The molecule has 0 aliphatic rings. The van der Waals surface area contributed by atoms with Crippen LogP contribution in [-0.2, 0) is 15.8 Å². The first-order valence-electron chi connectivity index (χ1n) is 6.11. The average Bonchev–Trinajstić information content (AvgIpc) is 2.38. The minimum Gasteiger partial charge on any atom is -0.348 e. The lowest BCUT2D eigenvalue weighted by atomic mass is 10.2. The summed E-state index contributed by atoms with van der Waals surface area (Å²) >= 11 is 0. The number of nitrogens with one attached hydrogen (secondary N) is 2. The van der Waals surface area contributed by atoms with Gasteiger partial charge in [0.1, 0.15) is 0 Å². The van der Waals surface area contributed by atoms with Gasteiger partial charge in [-0.1, -0.05) is 13.3 Å². The number of hydrogen-bond donors (Lipinski definition) is 2. The van der Waals surface area contributed by atoms with E-state index in [0.717, 1.165) is 37.1 Å². The number of anilines is 1. The van der Waals surface area contributed by atoms with Gasteiger partial charge in [0.15, 0.2) is 0 Å². The molecule has 0 bridgehead atoms. The molecule has 0 fully saturated rings. The molecule has 0 unspecified atom stereocenters. The summed E-state index contributed by atoms with van der Waals surface area (Å²) in [4.78, 5) is 22.8. The summed E-state index contributed by atoms with van der Waals surface area (Å²) in [7, 11) is 0. The van der Waals surface area contributed by atoms with E-state index in [4.69, 9.17) is 0 Å². The molecular weight excluding hydrogens is 273 g/mol. The largest absolute Gasteiger partial charge is 0.416 e. The Morgan fingerprint density at radius 3 is 2.20 bits per heavy atom. The van der Waals surface area contributed by atoms with Crippen LogP contribution in [0.2, 0.25) is 0 Å². The van der Waals surface area contributed by atoms with Gasteiger partial charge in [-0.05, 0) is 30.7 Å². The van der Waals surface area contributed by atoms with Gasteiger partial charge < -0.3 is 10.6 Å². The highest BCUT2D eigenvalue weighted by molar-refractivity contribution is 6.39. The number of rotatable bonds is 4. The SMILES string of the molecule is CCCCNC(=O)C(=O)Nc1ccc(C(F)(F)F)cc1. The van der Waals surface area contributed by atoms with E-state index in [2.05, 4.69) is 10.6 Å². The van der Waals surface area contributed by atoms with Crippen LogP contribution in [0, 0.1) is 0 Å². The van der Waals surface area contributed by atoms with Gasteiger partial charge in [0.25, 0.3) is 0 Å². The fourth-order valence-corrected chi connectivity index (χ4v) is 1.39. The van der Waals surface area contributed by atoms with Crippen molar-refractivity contribution in [1.82, 2.24) is 5.32 Å². The normalized spacial score (nSPS) is 11.0. The molecular formula is C13H15F3N2O2. The number of amides is 2. The molecule has 2 amide bonds. The zero-order valence-corrected chi connectivity index (χ0v) is 10.9. The summed E-state index contributed by atoms with van der Waals surface area (Å²) in [6, 6.07) is 3.87. The number of benzene rings is 1. The molecule has 1 rings (SSSR count). The van der Waals surface area contributed by atoms with Crippen LogP contribution < -0.4 is 10.6 Å². The van der Waals surface area contributed by atoms with E-state index in [1.807, 2.05) is 6.92 Å². The minimum atomic E-state index is -4.43. The van der Waals surface area contributed by atoms with Gasteiger partial charge in [-0.2, -0.15) is 13.2 Å². The lowest BCUT2D eigenvalue weighted by Gasteiger charge is -2.09. The fraction of sp³-hybridized carbons (Fsp3) is 0.385. The standard InChI is InChI=1S/C13H15F3N2O2/c1-2-3-8-17-11(19)12(20)18-10-6-4-9(5-7-10)13(14,15)16/h4-7H,2-3,8H2,1H3,(H,17,19)(H,18,20). The van der Waals surface area contributed by atoms with E-state index < -0.39 is 23.6 Å². The highest BCUT2D eigenvalue weighted by Gasteiger charge is 2.30. The highest BCUT2D eigenvalue weighted by atomic mass is 19.4. The van der Waals surface area contributed by atoms with Crippen LogP contribution in [0.3, 0.4) is 0 Å². The van der Waals surface area contributed by atoms with Crippen molar-refractivity contribution in [3.05, 3.63) is 29.8 Å². The molecule has 1 aromatic carbocycles. The first kappa shape index (κ1) is 16.0. The van der Waals surface area contributed by atoms with Gasteiger partial charge in [-0.15, -0.1) is 0 Å². The third-order valence-electron chi connectivity index (χ3n) is 2.49. The summed E-state index contributed by atoms with van der Waals surface area (Å²) in [6.45, 7) is 2.32. The van der Waals surface area contributed by atoms with Gasteiger partial charge in [0, 0.05) is 12.2 Å². The van der Waals surface area contributed by atoms with Gasteiger partial charge in [-0.25, -0.2) is 0 Å². The van der Waals surface area contributed by atoms with E-state index in [9.17, 15) is 22.8 Å². The summed E-state index contributed by atoms with van der Waals surface area (Å²) < 4.78 is 37.0. The van der Waals surface area contributed by atoms with Crippen molar-refractivity contribution in [3.63, 3.8) is 0 Å². The molecule has 0 atom stereocenters. The number of carbonyl (C=O) groups excluding carboxylic acids is 2. The van der Waals surface area contributed by atoms with Crippen molar-refractivity contribution in [2.75, 3.05) is 11.9 Å². The summed E-state index contributed by atoms with van der Waals surface area (Å²) in [5.74, 6) is -1.71. The maximum absolute atomic E-state index is 12.3. The highest BCUT2D eigenvalue weighted by Crippen LogP contribution is 2.29. The van der Waals surface area contributed by atoms with Crippen molar-refractivity contribution < 1.29 is 22.8 Å². The van der Waals surface area contributed by atoms with Gasteiger partial charge in [-0.3, -0.25) is 9.59 Å². The molecule has 1 aromatic rings. The Bertz CT molecular complexity index is 469. The van der Waals surface area contributed by atoms with Crippen LogP contribution in [0.25, 0.3) is 0 Å². The van der Waals surface area contributed by atoms with Crippen LogP contribution in [0.4, 0.5) is 18.9 Å². The zero-order valence-electron chi connectivity index (χ0n) is 10.9. The molecule has 0 heterocycles. The van der Waals surface area contributed by atoms with E-state index in [-0.39, 0.29) is 5.69 Å². The maximum atomic E-state index is 12.3. The second-order valence-electron chi connectivity index (χ2n) is 4.14. The van der Waals surface area contributed by atoms with Crippen molar-refractivity contribution in [2.24, 2.45) is 0 Å². The Labute approximate surface area is 114 Å². The maximum Gasteiger partial charge on any atom is 0.416 e. The Morgan fingerprint density at radius 2 is 1.70 bits per heavy atom. The van der Waals surface area contributed by atoms with Crippen LogP contribution in [0.5, 0.6) is 0 Å². The van der Waals surface area contributed by atoms with E-state index in [0.29, 0.717) is 6.54 Å². The molecule has 0 aromatic heterocycles. The molecule has 2 N–H and O–H groups in total. The number of halogens is 3. The summed E-state index contributed by atoms with van der Waals surface area (Å²) in [5.41, 5.74) is -0.684. The van der Waals surface area contributed by atoms with Crippen molar-refractivity contribution in [3.8, 4) is 0 Å². The predicted molar refractivity (Wildman–Crippen MR) is 68.0 cm³/mol. The second kappa shape index (κ2) is 6.93. The molecule has 0 saturated carbocycles. The fourth-order valence-electron chi connectivity index (χ4n) is 1.39. The summed E-state index contributed by atoms with van der Waals surface area (Å²) in [6.07, 6.45) is -2.81. The topological polar surface area (TPSA) is 58.2 Å². The predicted octanol–water partition coefficient (Wildman–Crippen LogP) is 2.56.